The molecule has 3 N–H and O–H groups in total. The van der Waals surface area contributed by atoms with Gasteiger partial charge in [-0.05, 0) is 52.7 Å². The highest BCUT2D eigenvalue weighted by atomic mass is 19.4. The van der Waals surface area contributed by atoms with E-state index in [9.17, 15) is 37.6 Å². The molecule has 2 aromatic rings. The third kappa shape index (κ3) is 5.80. The van der Waals surface area contributed by atoms with Crippen LogP contribution in [-0.2, 0) is 20.8 Å². The Morgan fingerprint density at radius 2 is 1.83 bits per heavy atom. The Kier molecular flexibility index (Phi) is 7.48. The Hall–Kier alpha value is -3.88. The first-order valence-corrected chi connectivity index (χ1v) is 13.4. The lowest BCUT2D eigenvalue weighted by Crippen LogP contribution is -2.61. The molecule has 2 fully saturated rings. The van der Waals surface area contributed by atoms with Crippen LogP contribution in [-0.4, -0.2) is 58.5 Å². The fraction of sp³-hybridized carbons (Fsp3) is 0.552. The van der Waals surface area contributed by atoms with Crippen LogP contribution in [0.15, 0.2) is 29.1 Å². The van der Waals surface area contributed by atoms with Crippen molar-refractivity contribution in [2.45, 2.75) is 72.3 Å². The molecule has 1 saturated heterocycles. The number of carbonyl (C=O) groups is 3. The number of aromatic nitrogens is 1. The summed E-state index contributed by atoms with van der Waals surface area (Å²) in [6.45, 7) is 10.5. The first-order valence-electron chi connectivity index (χ1n) is 13.4. The highest BCUT2D eigenvalue weighted by molar-refractivity contribution is 5.95. The van der Waals surface area contributed by atoms with Gasteiger partial charge in [-0.2, -0.15) is 18.4 Å². The molecule has 9 nitrogen and oxygen atoms in total. The first-order chi connectivity index (χ1) is 18.9. The van der Waals surface area contributed by atoms with Gasteiger partial charge in [-0.3, -0.25) is 19.2 Å². The van der Waals surface area contributed by atoms with E-state index in [1.54, 1.807) is 6.07 Å². The minimum atomic E-state index is -5.19. The molecule has 5 atom stereocenters. The van der Waals surface area contributed by atoms with E-state index in [0.29, 0.717) is 11.1 Å². The largest absolute Gasteiger partial charge is 0.471 e. The van der Waals surface area contributed by atoms with Crippen LogP contribution < -0.4 is 16.2 Å². The molecule has 1 aromatic heterocycles. The molecular formula is C29H34F3N5O4. The van der Waals surface area contributed by atoms with Crippen LogP contribution in [0.2, 0.25) is 0 Å². The minimum absolute atomic E-state index is 0.0755. The lowest BCUT2D eigenvalue weighted by Gasteiger charge is -2.37. The smallest absolute Gasteiger partial charge is 0.338 e. The highest BCUT2D eigenvalue weighted by Gasteiger charge is 2.70. The van der Waals surface area contributed by atoms with E-state index in [1.165, 1.54) is 25.7 Å². The van der Waals surface area contributed by atoms with E-state index in [0.717, 1.165) is 10.9 Å². The molecule has 2 aliphatic rings. The van der Waals surface area contributed by atoms with Gasteiger partial charge in [0.2, 0.25) is 11.8 Å². The number of nitrogens with one attached hydrogen (secondary N) is 3. The van der Waals surface area contributed by atoms with Crippen molar-refractivity contribution in [3.8, 4) is 6.07 Å². The molecule has 4 rings (SSSR count). The maximum atomic E-state index is 13.6. The SMILES string of the molecule is Cc1ccc2cc(C[C@@H](C#N)NC(=O)[C@@H]3[C@@H]4[C@H](CN3C(=O)[C@@H](NC(=O)C(F)(F)F)C(C)(C)C)C4(C)C)c(=O)[nH]c2c1. The van der Waals surface area contributed by atoms with Crippen LogP contribution in [0.4, 0.5) is 13.2 Å². The zero-order chi connectivity index (χ0) is 30.7. The number of amides is 3. The summed E-state index contributed by atoms with van der Waals surface area (Å²) >= 11 is 0. The summed E-state index contributed by atoms with van der Waals surface area (Å²) in [6, 6.07) is 5.51. The number of carbonyl (C=O) groups excluding carboxylic acids is 3. The van der Waals surface area contributed by atoms with E-state index < -0.39 is 53.0 Å². The lowest BCUT2D eigenvalue weighted by atomic mass is 9.85. The first kappa shape index (κ1) is 30.1. The van der Waals surface area contributed by atoms with Crippen LogP contribution in [0.25, 0.3) is 10.9 Å². The molecule has 1 aliphatic heterocycles. The van der Waals surface area contributed by atoms with Crippen molar-refractivity contribution >= 4 is 28.6 Å². The van der Waals surface area contributed by atoms with Gasteiger partial charge in [-0.25, -0.2) is 0 Å². The fourth-order valence-corrected chi connectivity index (χ4v) is 5.96. The van der Waals surface area contributed by atoms with E-state index >= 15 is 0 Å². The van der Waals surface area contributed by atoms with Crippen LogP contribution in [0.3, 0.4) is 0 Å². The molecule has 220 valence electrons. The number of alkyl halides is 3. The number of benzene rings is 1. The molecule has 1 aliphatic carbocycles. The van der Waals surface area contributed by atoms with Gasteiger partial charge in [-0.1, -0.05) is 46.8 Å². The predicted molar refractivity (Wildman–Crippen MR) is 144 cm³/mol. The second-order valence-corrected chi connectivity index (χ2v) is 12.8. The third-order valence-corrected chi connectivity index (χ3v) is 8.38. The number of pyridine rings is 1. The summed E-state index contributed by atoms with van der Waals surface area (Å²) in [5.41, 5.74) is 0.107. The van der Waals surface area contributed by atoms with Crippen LogP contribution in [0, 0.1) is 40.9 Å². The van der Waals surface area contributed by atoms with Gasteiger partial charge in [0.15, 0.2) is 0 Å². The summed E-state index contributed by atoms with van der Waals surface area (Å²) < 4.78 is 39.2. The van der Waals surface area contributed by atoms with Gasteiger partial charge < -0.3 is 20.5 Å². The number of nitrogens with zero attached hydrogens (tertiary/aromatic N) is 2. The number of piperidine rings is 1. The number of hydrogen-bond donors (Lipinski definition) is 3. The lowest BCUT2D eigenvalue weighted by molar-refractivity contribution is -0.176. The van der Waals surface area contributed by atoms with E-state index in [-0.39, 0.29) is 30.2 Å². The van der Waals surface area contributed by atoms with Gasteiger partial charge in [0.05, 0.1) is 6.07 Å². The zero-order valence-corrected chi connectivity index (χ0v) is 23.8. The standard InChI is InChI=1S/C29H34F3N5O4/c1-14-7-8-15-10-16(23(38)35-19(15)9-14)11-17(12-33)34-24(39)21-20-18(28(20,5)6)13-37(21)25(40)22(27(2,3)4)36-26(41)29(30,31)32/h7-10,17-18,20-22H,11,13H2,1-6H3,(H,34,39)(H,35,38)(H,36,41)/t17-,18-,20-,21-,22+/m0/s1. The number of aryl methyl sites for hydroxylation is 1. The number of fused-ring (bicyclic) bond motifs is 2. The Labute approximate surface area is 235 Å². The summed E-state index contributed by atoms with van der Waals surface area (Å²) in [5.74, 6) is -4.03. The van der Waals surface area contributed by atoms with Crippen molar-refractivity contribution in [2.24, 2.45) is 22.7 Å². The Morgan fingerprint density at radius 3 is 2.41 bits per heavy atom. The second-order valence-electron chi connectivity index (χ2n) is 12.8. The number of halogens is 3. The number of rotatable bonds is 6. The van der Waals surface area contributed by atoms with E-state index in [2.05, 4.69) is 10.3 Å². The summed E-state index contributed by atoms with van der Waals surface area (Å²) in [5, 5.41) is 15.1. The van der Waals surface area contributed by atoms with Crippen molar-refractivity contribution in [3.05, 3.63) is 45.7 Å². The van der Waals surface area contributed by atoms with Crippen LogP contribution >= 0.6 is 0 Å². The predicted octanol–water partition coefficient (Wildman–Crippen LogP) is 2.96. The summed E-state index contributed by atoms with van der Waals surface area (Å²) in [4.78, 5) is 55.8. The van der Waals surface area contributed by atoms with Gasteiger partial charge in [0, 0.05) is 24.0 Å². The number of aromatic amines is 1. The molecule has 3 amide bonds. The minimum Gasteiger partial charge on any atom is -0.338 e. The number of H-pyrrole nitrogens is 1. The third-order valence-electron chi connectivity index (χ3n) is 8.38. The van der Waals surface area contributed by atoms with E-state index in [4.69, 9.17) is 0 Å². The molecule has 0 spiro atoms. The molecule has 1 aromatic carbocycles. The summed E-state index contributed by atoms with van der Waals surface area (Å²) in [7, 11) is 0. The number of likely N-dealkylation sites (tertiary alicyclic amines) is 1. The van der Waals surface area contributed by atoms with Gasteiger partial charge in [-0.15, -0.1) is 0 Å². The van der Waals surface area contributed by atoms with Gasteiger partial charge >= 0.3 is 12.1 Å². The van der Waals surface area contributed by atoms with Crippen LogP contribution in [0.5, 0.6) is 0 Å². The van der Waals surface area contributed by atoms with E-state index in [1.807, 2.05) is 50.4 Å². The van der Waals surface area contributed by atoms with Crippen molar-refractivity contribution in [3.63, 3.8) is 0 Å². The fourth-order valence-electron chi connectivity index (χ4n) is 5.96. The average molecular weight is 574 g/mol. The molecule has 0 unspecified atom stereocenters. The van der Waals surface area contributed by atoms with Gasteiger partial charge in [0.25, 0.3) is 5.56 Å². The average Bonchev–Trinajstić information content (AvgIpc) is 3.18. The quantitative estimate of drug-likeness (QED) is 0.489. The normalized spacial score (nSPS) is 22.8. The maximum Gasteiger partial charge on any atom is 0.471 e. The van der Waals surface area contributed by atoms with Gasteiger partial charge in [0.1, 0.15) is 18.1 Å². The zero-order valence-electron chi connectivity index (χ0n) is 23.8. The molecule has 0 bridgehead atoms. The van der Waals surface area contributed by atoms with Crippen molar-refractivity contribution in [1.29, 1.82) is 5.26 Å². The Bertz CT molecular complexity index is 1500. The summed E-state index contributed by atoms with van der Waals surface area (Å²) in [6.07, 6.45) is -5.28. The monoisotopic (exact) mass is 573 g/mol. The number of nitriles is 1. The highest BCUT2D eigenvalue weighted by Crippen LogP contribution is 2.65. The topological polar surface area (TPSA) is 135 Å². The molecular weight excluding hydrogens is 539 g/mol. The van der Waals surface area contributed by atoms with Crippen molar-refractivity contribution in [2.75, 3.05) is 6.54 Å². The maximum absolute atomic E-state index is 13.6. The molecule has 12 heteroatoms. The molecule has 1 saturated carbocycles. The van der Waals surface area contributed by atoms with Crippen molar-refractivity contribution in [1.82, 2.24) is 20.5 Å². The second kappa shape index (κ2) is 10.2. The molecule has 2 heterocycles. The Balaban J connectivity index is 1.57. The molecule has 0 radical (unpaired) electrons. The molecule has 41 heavy (non-hydrogen) atoms. The van der Waals surface area contributed by atoms with Crippen LogP contribution in [0.1, 0.15) is 45.7 Å². The van der Waals surface area contributed by atoms with Crippen molar-refractivity contribution < 1.29 is 27.6 Å². The number of hydrogen-bond acceptors (Lipinski definition) is 5. The Morgan fingerprint density at radius 1 is 1.17 bits per heavy atom.